The first-order valence-electron chi connectivity index (χ1n) is 9.95. The van der Waals surface area contributed by atoms with Gasteiger partial charge in [-0.25, -0.2) is 0 Å². The molecule has 0 fully saturated rings. The van der Waals surface area contributed by atoms with E-state index in [-0.39, 0.29) is 16.1 Å². The lowest BCUT2D eigenvalue weighted by Crippen LogP contribution is -2.27. The standard InChI is InChI=1S/2C9H16ClN5/c1-5-11-7-12-6(10)13-8(14-7)15-9(2,3)4;1-4-11-8-12-7(10)13-9(14-8)15(5-2)6-3/h5H2,1-4H3,(H2,11,12,13,14,15);4-6H2,1-3H3,(H,11,12,13,14). The lowest BCUT2D eigenvalue weighted by Gasteiger charge is -2.20. The molecule has 0 radical (unpaired) electrons. The first-order valence-corrected chi connectivity index (χ1v) is 10.7. The zero-order valence-corrected chi connectivity index (χ0v) is 20.2. The Bertz CT molecular complexity index is 778. The maximum Gasteiger partial charge on any atom is 0.231 e. The number of hydrogen-bond donors (Lipinski definition) is 3. The summed E-state index contributed by atoms with van der Waals surface area (Å²) in [4.78, 5) is 26.5. The molecule has 0 amide bonds. The second-order valence-corrected chi connectivity index (χ2v) is 7.76. The summed E-state index contributed by atoms with van der Waals surface area (Å²) in [7, 11) is 0. The number of hydrogen-bond acceptors (Lipinski definition) is 10. The van der Waals surface area contributed by atoms with Gasteiger partial charge in [-0.05, 0) is 71.7 Å². The molecule has 0 aliphatic heterocycles. The molecule has 12 heteroatoms. The Balaban J connectivity index is 0.000000300. The molecule has 168 valence electrons. The molecule has 0 aliphatic carbocycles. The number of rotatable bonds is 8. The second-order valence-electron chi connectivity index (χ2n) is 7.09. The third-order valence-electron chi connectivity index (χ3n) is 3.41. The van der Waals surface area contributed by atoms with Crippen molar-refractivity contribution >= 4 is 47.0 Å². The highest BCUT2D eigenvalue weighted by molar-refractivity contribution is 6.28. The van der Waals surface area contributed by atoms with Gasteiger partial charge in [-0.2, -0.15) is 29.9 Å². The van der Waals surface area contributed by atoms with Crippen LogP contribution in [-0.4, -0.2) is 61.6 Å². The van der Waals surface area contributed by atoms with Crippen molar-refractivity contribution in [1.82, 2.24) is 29.9 Å². The van der Waals surface area contributed by atoms with Gasteiger partial charge in [-0.1, -0.05) is 0 Å². The normalized spacial score (nSPS) is 10.7. The molecule has 0 aliphatic rings. The van der Waals surface area contributed by atoms with Crippen LogP contribution in [0.15, 0.2) is 0 Å². The van der Waals surface area contributed by atoms with E-state index in [1.165, 1.54) is 0 Å². The van der Waals surface area contributed by atoms with Gasteiger partial charge in [0, 0.05) is 31.7 Å². The van der Waals surface area contributed by atoms with Crippen molar-refractivity contribution in [2.45, 2.75) is 54.0 Å². The van der Waals surface area contributed by atoms with Gasteiger partial charge < -0.3 is 20.9 Å². The molecule has 30 heavy (non-hydrogen) atoms. The second kappa shape index (κ2) is 12.5. The summed E-state index contributed by atoms with van der Waals surface area (Å²) in [6.45, 7) is 17.3. The number of nitrogens with one attached hydrogen (secondary N) is 3. The van der Waals surface area contributed by atoms with E-state index in [0.717, 1.165) is 26.2 Å². The highest BCUT2D eigenvalue weighted by Gasteiger charge is 2.13. The van der Waals surface area contributed by atoms with E-state index >= 15 is 0 Å². The van der Waals surface area contributed by atoms with Gasteiger partial charge in [-0.15, -0.1) is 0 Å². The van der Waals surface area contributed by atoms with Crippen LogP contribution in [-0.2, 0) is 0 Å². The maximum absolute atomic E-state index is 5.81. The molecule has 0 saturated carbocycles. The van der Waals surface area contributed by atoms with Crippen LogP contribution in [0.5, 0.6) is 0 Å². The van der Waals surface area contributed by atoms with E-state index in [4.69, 9.17) is 23.2 Å². The molecule has 0 unspecified atom stereocenters. The Morgan fingerprint density at radius 3 is 1.63 bits per heavy atom. The van der Waals surface area contributed by atoms with Gasteiger partial charge in [-0.3, -0.25) is 0 Å². The predicted molar refractivity (Wildman–Crippen MR) is 125 cm³/mol. The fraction of sp³-hybridized carbons (Fsp3) is 0.667. The van der Waals surface area contributed by atoms with Crippen molar-refractivity contribution in [3.8, 4) is 0 Å². The minimum atomic E-state index is -0.103. The monoisotopic (exact) mass is 458 g/mol. The fourth-order valence-electron chi connectivity index (χ4n) is 2.20. The molecule has 2 heterocycles. The maximum atomic E-state index is 5.81. The summed E-state index contributed by atoms with van der Waals surface area (Å²) in [6, 6.07) is 0. The van der Waals surface area contributed by atoms with Crippen molar-refractivity contribution in [1.29, 1.82) is 0 Å². The zero-order valence-electron chi connectivity index (χ0n) is 18.7. The smallest absolute Gasteiger partial charge is 0.231 e. The highest BCUT2D eigenvalue weighted by atomic mass is 35.5. The molecule has 2 rings (SSSR count). The Hall–Kier alpha value is -2.20. The first kappa shape index (κ1) is 25.8. The van der Waals surface area contributed by atoms with Crippen molar-refractivity contribution < 1.29 is 0 Å². The summed E-state index contributed by atoms with van der Waals surface area (Å²) < 4.78 is 0. The summed E-state index contributed by atoms with van der Waals surface area (Å²) in [5.74, 6) is 2.12. The van der Waals surface area contributed by atoms with Gasteiger partial charge in [0.1, 0.15) is 0 Å². The molecule has 0 spiro atoms. The lowest BCUT2D eigenvalue weighted by molar-refractivity contribution is 0.625. The molecule has 2 aromatic rings. The zero-order chi connectivity index (χ0) is 22.7. The van der Waals surface area contributed by atoms with Crippen molar-refractivity contribution in [2.75, 3.05) is 47.0 Å². The molecule has 0 bridgehead atoms. The van der Waals surface area contributed by atoms with E-state index in [1.54, 1.807) is 0 Å². The molecule has 2 aromatic heterocycles. The third-order valence-corrected chi connectivity index (χ3v) is 3.75. The van der Waals surface area contributed by atoms with Crippen molar-refractivity contribution in [3.63, 3.8) is 0 Å². The van der Waals surface area contributed by atoms with E-state index in [0.29, 0.717) is 23.8 Å². The van der Waals surface area contributed by atoms with Crippen LogP contribution in [0.25, 0.3) is 0 Å². The van der Waals surface area contributed by atoms with Gasteiger partial charge >= 0.3 is 0 Å². The Labute approximate surface area is 188 Å². The molecule has 10 nitrogen and oxygen atoms in total. The van der Waals surface area contributed by atoms with Crippen LogP contribution in [0.2, 0.25) is 10.6 Å². The topological polar surface area (TPSA) is 117 Å². The van der Waals surface area contributed by atoms with Crippen LogP contribution >= 0.6 is 23.2 Å². The van der Waals surface area contributed by atoms with E-state index in [1.807, 2.05) is 53.4 Å². The van der Waals surface area contributed by atoms with Crippen molar-refractivity contribution in [2.24, 2.45) is 0 Å². The van der Waals surface area contributed by atoms with Crippen molar-refractivity contribution in [3.05, 3.63) is 10.6 Å². The Morgan fingerprint density at radius 1 is 0.700 bits per heavy atom. The first-order chi connectivity index (χ1) is 14.1. The molecular weight excluding hydrogens is 427 g/mol. The summed E-state index contributed by atoms with van der Waals surface area (Å²) >= 11 is 11.6. The number of halogens is 2. The van der Waals surface area contributed by atoms with Crippen LogP contribution in [0.1, 0.15) is 48.5 Å². The minimum absolute atomic E-state index is 0.103. The number of anilines is 4. The van der Waals surface area contributed by atoms with Gasteiger partial charge in [0.05, 0.1) is 0 Å². The predicted octanol–water partition coefficient (Wildman–Crippen LogP) is 3.97. The molecular formula is C18H32Cl2N10. The van der Waals surface area contributed by atoms with Gasteiger partial charge in [0.2, 0.25) is 34.4 Å². The Kier molecular flexibility index (Phi) is 10.8. The number of aromatic nitrogens is 6. The van der Waals surface area contributed by atoms with Crippen LogP contribution in [0, 0.1) is 0 Å². The lowest BCUT2D eigenvalue weighted by atomic mass is 10.1. The number of nitrogens with zero attached hydrogens (tertiary/aromatic N) is 7. The van der Waals surface area contributed by atoms with E-state index < -0.39 is 0 Å². The third kappa shape index (κ3) is 9.53. The SMILES string of the molecule is CCNc1nc(Cl)nc(N(CC)CC)n1.CCNc1nc(Cl)nc(NC(C)(C)C)n1. The largest absolute Gasteiger partial charge is 0.354 e. The van der Waals surface area contributed by atoms with Crippen LogP contribution in [0.4, 0.5) is 23.8 Å². The summed E-state index contributed by atoms with van der Waals surface area (Å²) in [5.41, 5.74) is -0.103. The molecule has 0 aromatic carbocycles. The molecule has 0 atom stereocenters. The quantitative estimate of drug-likeness (QED) is 0.535. The molecule has 0 saturated heterocycles. The minimum Gasteiger partial charge on any atom is -0.354 e. The van der Waals surface area contributed by atoms with E-state index in [2.05, 4.69) is 45.9 Å². The average molecular weight is 459 g/mol. The average Bonchev–Trinajstić information content (AvgIpc) is 2.61. The van der Waals surface area contributed by atoms with Crippen LogP contribution < -0.4 is 20.9 Å². The van der Waals surface area contributed by atoms with Crippen LogP contribution in [0.3, 0.4) is 0 Å². The molecule has 3 N–H and O–H groups in total. The fourth-order valence-corrected chi connectivity index (χ4v) is 2.52. The summed E-state index contributed by atoms with van der Waals surface area (Å²) in [5, 5.41) is 9.55. The highest BCUT2D eigenvalue weighted by Crippen LogP contribution is 2.14. The Morgan fingerprint density at radius 2 is 1.17 bits per heavy atom. The van der Waals surface area contributed by atoms with Gasteiger partial charge in [0.25, 0.3) is 0 Å². The summed E-state index contributed by atoms with van der Waals surface area (Å²) in [6.07, 6.45) is 0. The van der Waals surface area contributed by atoms with Gasteiger partial charge in [0.15, 0.2) is 0 Å². The van der Waals surface area contributed by atoms with E-state index in [9.17, 15) is 0 Å².